The lowest BCUT2D eigenvalue weighted by molar-refractivity contribution is -0.238. The Hall–Kier alpha value is -1.19. The maximum absolute atomic E-state index is 12.3. The van der Waals surface area contributed by atoms with Crippen LogP contribution in [0.25, 0.3) is 0 Å². The molecule has 1 heterocycles. The third kappa shape index (κ3) is 3.28. The summed E-state index contributed by atoms with van der Waals surface area (Å²) in [7, 11) is 0. The molecule has 1 aliphatic rings. The molecule has 1 aromatic carbocycles. The molecule has 20 heavy (non-hydrogen) atoms. The Balaban J connectivity index is 2.08. The molecule has 1 aromatic rings. The fourth-order valence-corrected chi connectivity index (χ4v) is 2.58. The number of carbonyl (C=O) groups is 1. The van der Waals surface area contributed by atoms with Crippen molar-refractivity contribution in [1.82, 2.24) is 0 Å². The van der Waals surface area contributed by atoms with Crippen LogP contribution in [-0.2, 0) is 14.3 Å². The van der Waals surface area contributed by atoms with Crippen molar-refractivity contribution < 1.29 is 14.3 Å². The summed E-state index contributed by atoms with van der Waals surface area (Å²) in [6, 6.07) is 9.90. The van der Waals surface area contributed by atoms with Crippen molar-refractivity contribution in [2.75, 3.05) is 6.61 Å². The number of hydrogen-bond acceptors (Lipinski definition) is 3. The number of ketones is 1. The minimum atomic E-state index is -0.452. The second kappa shape index (κ2) is 6.51. The Morgan fingerprint density at radius 1 is 1.30 bits per heavy atom. The van der Waals surface area contributed by atoms with E-state index in [0.29, 0.717) is 13.0 Å². The minimum Gasteiger partial charge on any atom is -0.348 e. The molecule has 3 heteroatoms. The average molecular weight is 276 g/mol. The van der Waals surface area contributed by atoms with Crippen LogP contribution < -0.4 is 0 Å². The van der Waals surface area contributed by atoms with Crippen LogP contribution in [0, 0.1) is 5.41 Å². The number of hydrogen-bond donors (Lipinski definition) is 0. The molecule has 0 aliphatic carbocycles. The summed E-state index contributed by atoms with van der Waals surface area (Å²) in [6.45, 7) is 6.64. The third-order valence-electron chi connectivity index (χ3n) is 4.01. The highest BCUT2D eigenvalue weighted by molar-refractivity contribution is 5.84. The van der Waals surface area contributed by atoms with E-state index >= 15 is 0 Å². The topological polar surface area (TPSA) is 35.5 Å². The smallest absolute Gasteiger partial charge is 0.184 e. The Bertz CT molecular complexity index is 439. The van der Waals surface area contributed by atoms with Crippen LogP contribution in [0.3, 0.4) is 0 Å². The third-order valence-corrected chi connectivity index (χ3v) is 4.01. The first kappa shape index (κ1) is 15.2. The van der Waals surface area contributed by atoms with Crippen molar-refractivity contribution >= 4 is 5.78 Å². The Labute approximate surface area is 121 Å². The van der Waals surface area contributed by atoms with E-state index in [4.69, 9.17) is 9.47 Å². The number of benzene rings is 1. The summed E-state index contributed by atoms with van der Waals surface area (Å²) in [6.07, 6.45) is 1.83. The first-order valence-electron chi connectivity index (χ1n) is 7.41. The molecule has 0 N–H and O–H groups in total. The van der Waals surface area contributed by atoms with Crippen LogP contribution in [0.15, 0.2) is 30.3 Å². The minimum absolute atomic E-state index is 0.0829. The Morgan fingerprint density at radius 3 is 2.65 bits per heavy atom. The van der Waals surface area contributed by atoms with Crippen molar-refractivity contribution in [3.05, 3.63) is 35.9 Å². The number of ether oxygens (including phenoxy) is 2. The van der Waals surface area contributed by atoms with E-state index in [-0.39, 0.29) is 18.2 Å². The number of Topliss-reactive ketones (excluding diaryl/α,β-unsaturated/α-hetero) is 1. The monoisotopic (exact) mass is 276 g/mol. The second-order valence-electron chi connectivity index (χ2n) is 5.92. The van der Waals surface area contributed by atoms with Gasteiger partial charge in [0.1, 0.15) is 5.78 Å². The van der Waals surface area contributed by atoms with Crippen LogP contribution in [0.5, 0.6) is 0 Å². The summed E-state index contributed by atoms with van der Waals surface area (Å²) in [4.78, 5) is 12.3. The van der Waals surface area contributed by atoms with Gasteiger partial charge in [-0.15, -0.1) is 0 Å². The van der Waals surface area contributed by atoms with Crippen molar-refractivity contribution in [2.24, 2.45) is 5.41 Å². The molecule has 0 spiro atoms. The highest BCUT2D eigenvalue weighted by atomic mass is 16.7. The van der Waals surface area contributed by atoms with Crippen LogP contribution in [-0.4, -0.2) is 18.5 Å². The van der Waals surface area contributed by atoms with Gasteiger partial charge in [0.15, 0.2) is 6.29 Å². The maximum atomic E-state index is 12.3. The molecule has 1 aliphatic heterocycles. The SMILES string of the molecule is CCCC(=O)C(C)(C)[C@@H]1CCOC(c2ccccc2)O1. The molecular formula is C17H24O3. The van der Waals surface area contributed by atoms with Gasteiger partial charge in [-0.3, -0.25) is 4.79 Å². The lowest BCUT2D eigenvalue weighted by Crippen LogP contribution is -2.43. The summed E-state index contributed by atoms with van der Waals surface area (Å²) >= 11 is 0. The van der Waals surface area contributed by atoms with Crippen molar-refractivity contribution in [3.63, 3.8) is 0 Å². The fourth-order valence-electron chi connectivity index (χ4n) is 2.58. The number of rotatable bonds is 5. The molecule has 0 bridgehead atoms. The van der Waals surface area contributed by atoms with Crippen molar-refractivity contribution in [3.8, 4) is 0 Å². The van der Waals surface area contributed by atoms with Gasteiger partial charge in [0.05, 0.1) is 12.7 Å². The summed E-state index contributed by atoms with van der Waals surface area (Å²) in [5, 5.41) is 0. The molecule has 0 saturated carbocycles. The zero-order valence-corrected chi connectivity index (χ0v) is 12.6. The van der Waals surface area contributed by atoms with Crippen LogP contribution >= 0.6 is 0 Å². The van der Waals surface area contributed by atoms with E-state index in [2.05, 4.69) is 0 Å². The van der Waals surface area contributed by atoms with Gasteiger partial charge < -0.3 is 9.47 Å². The average Bonchev–Trinajstić information content (AvgIpc) is 2.48. The van der Waals surface area contributed by atoms with E-state index in [0.717, 1.165) is 18.4 Å². The molecule has 0 radical (unpaired) electrons. The van der Waals surface area contributed by atoms with Gasteiger partial charge in [0.2, 0.25) is 0 Å². The predicted molar refractivity (Wildman–Crippen MR) is 78.3 cm³/mol. The predicted octanol–water partition coefficient (Wildman–Crippen LogP) is 3.89. The first-order valence-corrected chi connectivity index (χ1v) is 7.41. The van der Waals surface area contributed by atoms with Gasteiger partial charge in [-0.2, -0.15) is 0 Å². The standard InChI is InChI=1S/C17H24O3/c1-4-8-14(18)17(2,3)15-11-12-19-16(20-15)13-9-6-5-7-10-13/h5-7,9-10,15-16H,4,8,11-12H2,1-3H3/t15-,16?/m0/s1. The van der Waals surface area contributed by atoms with Crippen LogP contribution in [0.1, 0.15) is 51.9 Å². The lowest BCUT2D eigenvalue weighted by atomic mass is 9.78. The van der Waals surface area contributed by atoms with E-state index in [1.165, 1.54) is 0 Å². The van der Waals surface area contributed by atoms with Gasteiger partial charge in [0.25, 0.3) is 0 Å². The van der Waals surface area contributed by atoms with E-state index in [1.54, 1.807) is 0 Å². The van der Waals surface area contributed by atoms with Gasteiger partial charge in [-0.05, 0) is 12.8 Å². The molecule has 110 valence electrons. The van der Waals surface area contributed by atoms with Gasteiger partial charge in [-0.25, -0.2) is 0 Å². The molecule has 1 unspecified atom stereocenters. The summed E-state index contributed by atoms with van der Waals surface area (Å²) < 4.78 is 11.8. The summed E-state index contributed by atoms with van der Waals surface area (Å²) in [5.74, 6) is 0.277. The first-order chi connectivity index (χ1) is 9.55. The van der Waals surface area contributed by atoms with E-state index in [9.17, 15) is 4.79 Å². The fraction of sp³-hybridized carbons (Fsp3) is 0.588. The van der Waals surface area contributed by atoms with Crippen LogP contribution in [0.2, 0.25) is 0 Å². The normalized spacial score (nSPS) is 23.6. The maximum Gasteiger partial charge on any atom is 0.184 e. The molecule has 3 nitrogen and oxygen atoms in total. The largest absolute Gasteiger partial charge is 0.348 e. The van der Waals surface area contributed by atoms with Crippen LogP contribution in [0.4, 0.5) is 0 Å². The zero-order chi connectivity index (χ0) is 14.6. The van der Waals surface area contributed by atoms with Crippen molar-refractivity contribution in [2.45, 2.75) is 52.4 Å². The van der Waals surface area contributed by atoms with Gasteiger partial charge in [-0.1, -0.05) is 51.1 Å². The van der Waals surface area contributed by atoms with E-state index < -0.39 is 5.41 Å². The molecule has 2 rings (SSSR count). The molecule has 1 fully saturated rings. The molecule has 0 aromatic heterocycles. The van der Waals surface area contributed by atoms with E-state index in [1.807, 2.05) is 51.1 Å². The number of carbonyl (C=O) groups excluding carboxylic acids is 1. The zero-order valence-electron chi connectivity index (χ0n) is 12.6. The van der Waals surface area contributed by atoms with Crippen molar-refractivity contribution in [1.29, 1.82) is 0 Å². The highest BCUT2D eigenvalue weighted by Crippen LogP contribution is 2.36. The molecule has 1 saturated heterocycles. The molecular weight excluding hydrogens is 252 g/mol. The lowest BCUT2D eigenvalue weighted by Gasteiger charge is -2.39. The summed E-state index contributed by atoms with van der Waals surface area (Å²) in [5.41, 5.74) is 0.559. The Morgan fingerprint density at radius 2 is 2.00 bits per heavy atom. The molecule has 0 amide bonds. The Kier molecular flexibility index (Phi) is 4.95. The highest BCUT2D eigenvalue weighted by Gasteiger charge is 2.40. The van der Waals surface area contributed by atoms with Gasteiger partial charge in [0, 0.05) is 17.4 Å². The second-order valence-corrected chi connectivity index (χ2v) is 5.92. The quantitative estimate of drug-likeness (QED) is 0.818. The molecule has 2 atom stereocenters. The van der Waals surface area contributed by atoms with Gasteiger partial charge >= 0.3 is 0 Å².